The molecule has 0 radical (unpaired) electrons. The van der Waals surface area contributed by atoms with Crippen molar-refractivity contribution in [1.29, 1.82) is 0 Å². The zero-order valence-electron chi connectivity index (χ0n) is 22.2. The lowest BCUT2D eigenvalue weighted by atomic mass is 10.0. The summed E-state index contributed by atoms with van der Waals surface area (Å²) in [5, 5.41) is 6.11. The summed E-state index contributed by atoms with van der Waals surface area (Å²) >= 11 is 1.42. The normalized spacial score (nSPS) is 17.5. The van der Waals surface area contributed by atoms with Crippen molar-refractivity contribution in [1.82, 2.24) is 14.5 Å². The van der Waals surface area contributed by atoms with Crippen molar-refractivity contribution in [3.8, 4) is 0 Å². The molecule has 2 amide bonds. The van der Waals surface area contributed by atoms with Gasteiger partial charge in [-0.05, 0) is 55.7 Å². The van der Waals surface area contributed by atoms with E-state index in [0.717, 1.165) is 23.5 Å². The van der Waals surface area contributed by atoms with E-state index in [1.54, 1.807) is 7.05 Å². The van der Waals surface area contributed by atoms with Crippen molar-refractivity contribution in [3.63, 3.8) is 0 Å². The second-order valence-corrected chi connectivity index (χ2v) is 13.3. The standard InChI is InChI=1S/C28H32N4O5S2/c1-28(2)17-37-18-32(28)39(35,36)21-11-9-20(10-12-21)25(33)30-27-24(26(34)29-3)22-13-14-31(16-23(22)38-27)15-19-7-5-4-6-8-19/h4-12H,13-18H2,1-3H3,(H,29,34)(H,30,33). The molecule has 0 atom stereocenters. The minimum absolute atomic E-state index is 0.00827. The van der Waals surface area contributed by atoms with E-state index in [1.807, 2.05) is 32.0 Å². The molecule has 2 aliphatic rings. The van der Waals surface area contributed by atoms with Gasteiger partial charge in [-0.2, -0.15) is 4.31 Å². The zero-order valence-corrected chi connectivity index (χ0v) is 23.8. The molecule has 2 aliphatic heterocycles. The van der Waals surface area contributed by atoms with Gasteiger partial charge in [-0.15, -0.1) is 11.3 Å². The van der Waals surface area contributed by atoms with Crippen LogP contribution in [0.4, 0.5) is 5.00 Å². The van der Waals surface area contributed by atoms with Crippen LogP contribution in [0.25, 0.3) is 0 Å². The van der Waals surface area contributed by atoms with E-state index in [2.05, 4.69) is 27.7 Å². The van der Waals surface area contributed by atoms with Crippen LogP contribution in [-0.4, -0.2) is 61.9 Å². The van der Waals surface area contributed by atoms with Crippen molar-refractivity contribution in [2.24, 2.45) is 0 Å². The van der Waals surface area contributed by atoms with Crippen LogP contribution in [-0.2, 0) is 34.3 Å². The van der Waals surface area contributed by atoms with E-state index < -0.39 is 21.5 Å². The van der Waals surface area contributed by atoms with Crippen LogP contribution in [0.5, 0.6) is 0 Å². The molecule has 0 saturated carbocycles. The first-order chi connectivity index (χ1) is 18.6. The number of benzene rings is 2. The summed E-state index contributed by atoms with van der Waals surface area (Å²) in [7, 11) is -2.20. The van der Waals surface area contributed by atoms with E-state index in [0.29, 0.717) is 35.7 Å². The fourth-order valence-electron chi connectivity index (χ4n) is 4.99. The first-order valence-electron chi connectivity index (χ1n) is 12.7. The van der Waals surface area contributed by atoms with Crippen LogP contribution < -0.4 is 10.6 Å². The van der Waals surface area contributed by atoms with Gasteiger partial charge in [-0.3, -0.25) is 14.5 Å². The Morgan fingerprint density at radius 2 is 1.77 bits per heavy atom. The van der Waals surface area contributed by atoms with Crippen LogP contribution in [0, 0.1) is 0 Å². The topological polar surface area (TPSA) is 108 Å². The number of fused-ring (bicyclic) bond motifs is 1. The highest BCUT2D eigenvalue weighted by molar-refractivity contribution is 7.89. The number of ether oxygens (including phenoxy) is 1. The van der Waals surface area contributed by atoms with Gasteiger partial charge >= 0.3 is 0 Å². The highest BCUT2D eigenvalue weighted by Crippen LogP contribution is 2.38. The quantitative estimate of drug-likeness (QED) is 0.450. The maximum atomic E-state index is 13.2. The Morgan fingerprint density at radius 1 is 1.05 bits per heavy atom. The van der Waals surface area contributed by atoms with Gasteiger partial charge in [0.1, 0.15) is 11.7 Å². The number of carbonyl (C=O) groups excluding carboxylic acids is 2. The van der Waals surface area contributed by atoms with E-state index in [-0.39, 0.29) is 17.5 Å². The van der Waals surface area contributed by atoms with E-state index >= 15 is 0 Å². The smallest absolute Gasteiger partial charge is 0.256 e. The SMILES string of the molecule is CNC(=O)c1c(NC(=O)c2ccc(S(=O)(=O)N3COCC3(C)C)cc2)sc2c1CCN(Cc1ccccc1)C2. The number of nitrogens with one attached hydrogen (secondary N) is 2. The van der Waals surface area contributed by atoms with Crippen LogP contribution in [0.15, 0.2) is 59.5 Å². The van der Waals surface area contributed by atoms with Gasteiger partial charge in [0.15, 0.2) is 0 Å². The number of amides is 2. The third-order valence-electron chi connectivity index (χ3n) is 7.11. The summed E-state index contributed by atoms with van der Waals surface area (Å²) in [5.74, 6) is -0.648. The van der Waals surface area contributed by atoms with Crippen LogP contribution in [0.2, 0.25) is 0 Å². The fraction of sp³-hybridized carbons (Fsp3) is 0.357. The number of nitrogens with zero attached hydrogens (tertiary/aromatic N) is 2. The summed E-state index contributed by atoms with van der Waals surface area (Å²) in [6.45, 7) is 6.24. The van der Waals surface area contributed by atoms with Crippen molar-refractivity contribution in [2.75, 3.05) is 32.2 Å². The summed E-state index contributed by atoms with van der Waals surface area (Å²) in [5.41, 5.74) is 2.34. The summed E-state index contributed by atoms with van der Waals surface area (Å²) in [6.07, 6.45) is 0.709. The summed E-state index contributed by atoms with van der Waals surface area (Å²) in [6, 6.07) is 16.1. The Labute approximate surface area is 232 Å². The third kappa shape index (κ3) is 5.50. The van der Waals surface area contributed by atoms with E-state index in [4.69, 9.17) is 4.74 Å². The molecule has 9 nitrogen and oxygen atoms in total. The highest BCUT2D eigenvalue weighted by Gasteiger charge is 2.42. The molecule has 0 spiro atoms. The molecule has 1 saturated heterocycles. The summed E-state index contributed by atoms with van der Waals surface area (Å²) in [4.78, 5) is 29.5. The number of thiophene rings is 1. The molecule has 2 aromatic carbocycles. The van der Waals surface area contributed by atoms with Gasteiger partial charge in [0, 0.05) is 37.1 Å². The largest absolute Gasteiger partial charge is 0.363 e. The lowest BCUT2D eigenvalue weighted by Crippen LogP contribution is -2.44. The monoisotopic (exact) mass is 568 g/mol. The Hall–Kier alpha value is -3.09. The molecule has 3 heterocycles. The fourth-order valence-corrected chi connectivity index (χ4v) is 7.92. The minimum Gasteiger partial charge on any atom is -0.363 e. The number of carbonyl (C=O) groups is 2. The molecular weight excluding hydrogens is 536 g/mol. The minimum atomic E-state index is -3.78. The van der Waals surface area contributed by atoms with Crippen molar-refractivity contribution in [3.05, 3.63) is 81.7 Å². The molecule has 1 fully saturated rings. The number of anilines is 1. The second kappa shape index (κ2) is 10.8. The van der Waals surface area contributed by atoms with Crippen molar-refractivity contribution >= 4 is 38.2 Å². The molecule has 206 valence electrons. The summed E-state index contributed by atoms with van der Waals surface area (Å²) < 4.78 is 32.9. The Bertz CT molecular complexity index is 1480. The lowest BCUT2D eigenvalue weighted by Gasteiger charge is -2.28. The predicted molar refractivity (Wildman–Crippen MR) is 150 cm³/mol. The first kappa shape index (κ1) is 27.5. The number of hydrogen-bond acceptors (Lipinski definition) is 7. The molecule has 11 heteroatoms. The lowest BCUT2D eigenvalue weighted by molar-refractivity contribution is 0.0962. The van der Waals surface area contributed by atoms with Crippen molar-refractivity contribution < 1.29 is 22.7 Å². The molecule has 0 unspecified atom stereocenters. The zero-order chi connectivity index (χ0) is 27.8. The molecule has 39 heavy (non-hydrogen) atoms. The van der Waals surface area contributed by atoms with Gasteiger partial charge in [0.2, 0.25) is 10.0 Å². The maximum absolute atomic E-state index is 13.2. The maximum Gasteiger partial charge on any atom is 0.256 e. The average Bonchev–Trinajstić information content (AvgIpc) is 3.47. The van der Waals surface area contributed by atoms with Crippen LogP contribution >= 0.6 is 11.3 Å². The second-order valence-electron chi connectivity index (χ2n) is 10.4. The third-order valence-corrected chi connectivity index (χ3v) is 10.3. The van der Waals surface area contributed by atoms with Gasteiger partial charge in [0.05, 0.1) is 22.6 Å². The number of rotatable bonds is 7. The molecule has 3 aromatic rings. The van der Waals surface area contributed by atoms with Crippen LogP contribution in [0.1, 0.15) is 50.6 Å². The van der Waals surface area contributed by atoms with Crippen molar-refractivity contribution in [2.45, 2.75) is 43.8 Å². The predicted octanol–water partition coefficient (Wildman–Crippen LogP) is 3.68. The van der Waals surface area contributed by atoms with Gasteiger partial charge in [-0.25, -0.2) is 8.42 Å². The van der Waals surface area contributed by atoms with E-state index in [9.17, 15) is 18.0 Å². The highest BCUT2D eigenvalue weighted by atomic mass is 32.2. The van der Waals surface area contributed by atoms with Gasteiger partial charge in [-0.1, -0.05) is 30.3 Å². The van der Waals surface area contributed by atoms with E-state index in [1.165, 1.54) is 45.5 Å². The molecule has 0 aliphatic carbocycles. The molecule has 1 aromatic heterocycles. The molecule has 2 N–H and O–H groups in total. The molecular formula is C28H32N4O5S2. The first-order valence-corrected chi connectivity index (χ1v) is 15.0. The molecule has 5 rings (SSSR count). The average molecular weight is 569 g/mol. The Balaban J connectivity index is 1.35. The Morgan fingerprint density at radius 3 is 2.41 bits per heavy atom. The van der Waals surface area contributed by atoms with Gasteiger partial charge in [0.25, 0.3) is 11.8 Å². The number of sulfonamides is 1. The van der Waals surface area contributed by atoms with Gasteiger partial charge < -0.3 is 15.4 Å². The number of hydrogen-bond donors (Lipinski definition) is 2. The van der Waals surface area contributed by atoms with Crippen LogP contribution in [0.3, 0.4) is 0 Å². The Kier molecular flexibility index (Phi) is 7.62. The molecule has 0 bridgehead atoms.